The van der Waals surface area contributed by atoms with Gasteiger partial charge in [0.25, 0.3) is 5.91 Å². The second-order valence-electron chi connectivity index (χ2n) is 6.10. The fourth-order valence-electron chi connectivity index (χ4n) is 2.47. The summed E-state index contributed by atoms with van der Waals surface area (Å²) >= 11 is 0. The normalized spacial score (nSPS) is 10.8. The second-order valence-corrected chi connectivity index (χ2v) is 6.10. The Bertz CT molecular complexity index is 708. The molecule has 0 saturated carbocycles. The molecule has 0 unspecified atom stereocenters. The third-order valence-electron chi connectivity index (χ3n) is 3.56. The van der Waals surface area contributed by atoms with Crippen LogP contribution in [0.1, 0.15) is 36.3 Å². The Morgan fingerprint density at radius 2 is 2.04 bits per heavy atom. The minimum Gasteiger partial charge on any atom is -0.481 e. The van der Waals surface area contributed by atoms with Crippen molar-refractivity contribution in [3.63, 3.8) is 0 Å². The van der Waals surface area contributed by atoms with Crippen molar-refractivity contribution in [2.45, 2.75) is 27.2 Å². The van der Waals surface area contributed by atoms with E-state index >= 15 is 0 Å². The Morgan fingerprint density at radius 3 is 2.58 bits per heavy atom. The van der Waals surface area contributed by atoms with Crippen LogP contribution in [0.4, 0.5) is 0 Å². The van der Waals surface area contributed by atoms with Crippen molar-refractivity contribution in [3.8, 4) is 11.5 Å². The van der Waals surface area contributed by atoms with Crippen LogP contribution in [0.5, 0.6) is 0 Å². The molecule has 0 aliphatic rings. The lowest BCUT2D eigenvalue weighted by Gasteiger charge is -2.24. The van der Waals surface area contributed by atoms with Crippen molar-refractivity contribution in [2.24, 2.45) is 5.92 Å². The molecule has 2 aromatic rings. The summed E-state index contributed by atoms with van der Waals surface area (Å²) in [6.45, 7) is 6.44. The van der Waals surface area contributed by atoms with Gasteiger partial charge in [-0.25, -0.2) is 4.98 Å². The van der Waals surface area contributed by atoms with E-state index in [9.17, 15) is 9.59 Å². The van der Waals surface area contributed by atoms with Crippen LogP contribution in [-0.4, -0.2) is 40.0 Å². The lowest BCUT2D eigenvalue weighted by Crippen LogP contribution is -2.36. The van der Waals surface area contributed by atoms with Gasteiger partial charge in [-0.1, -0.05) is 13.8 Å². The molecule has 0 bridgehead atoms. The number of aliphatic carboxylic acids is 1. The van der Waals surface area contributed by atoms with Gasteiger partial charge in [0.05, 0.1) is 23.9 Å². The molecule has 6 nitrogen and oxygen atoms in total. The number of hydrogen-bond acceptors (Lipinski definition) is 4. The number of furan rings is 1. The number of aryl methyl sites for hydroxylation is 1. The highest BCUT2D eigenvalue weighted by atomic mass is 16.4. The van der Waals surface area contributed by atoms with Gasteiger partial charge in [0, 0.05) is 13.1 Å². The Labute approximate surface area is 141 Å². The number of rotatable bonds is 7. The van der Waals surface area contributed by atoms with E-state index in [-0.39, 0.29) is 24.8 Å². The summed E-state index contributed by atoms with van der Waals surface area (Å²) in [5.74, 6) is -0.221. The van der Waals surface area contributed by atoms with Crippen molar-refractivity contribution in [2.75, 3.05) is 13.1 Å². The van der Waals surface area contributed by atoms with Crippen LogP contribution in [0.3, 0.4) is 0 Å². The molecule has 0 aliphatic heterocycles. The zero-order valence-corrected chi connectivity index (χ0v) is 14.2. The lowest BCUT2D eigenvalue weighted by atomic mass is 10.1. The molecule has 2 heterocycles. The fourth-order valence-corrected chi connectivity index (χ4v) is 2.47. The first kappa shape index (κ1) is 17.7. The summed E-state index contributed by atoms with van der Waals surface area (Å²) in [5, 5.41) is 8.88. The summed E-state index contributed by atoms with van der Waals surface area (Å²) in [6, 6.07) is 7.04. The molecular formula is C18H22N2O4. The topological polar surface area (TPSA) is 83.6 Å². The third-order valence-corrected chi connectivity index (χ3v) is 3.56. The SMILES string of the molecule is Cc1nc(-c2ccco2)ccc1C(=O)N(CCC(=O)O)CC(C)C. The Morgan fingerprint density at radius 1 is 1.29 bits per heavy atom. The monoisotopic (exact) mass is 330 g/mol. The molecule has 2 aromatic heterocycles. The molecule has 0 spiro atoms. The zero-order valence-electron chi connectivity index (χ0n) is 14.2. The number of pyridine rings is 1. The van der Waals surface area contributed by atoms with Crippen LogP contribution in [0, 0.1) is 12.8 Å². The van der Waals surface area contributed by atoms with E-state index < -0.39 is 5.97 Å². The predicted octanol–water partition coefficient (Wildman–Crippen LogP) is 3.22. The summed E-state index contributed by atoms with van der Waals surface area (Å²) in [6.07, 6.45) is 1.50. The Hall–Kier alpha value is -2.63. The van der Waals surface area contributed by atoms with Gasteiger partial charge in [-0.05, 0) is 37.1 Å². The van der Waals surface area contributed by atoms with Crippen LogP contribution in [0.15, 0.2) is 34.9 Å². The molecule has 0 saturated heterocycles. The minimum absolute atomic E-state index is 0.0740. The van der Waals surface area contributed by atoms with Gasteiger partial charge in [-0.2, -0.15) is 0 Å². The lowest BCUT2D eigenvalue weighted by molar-refractivity contribution is -0.137. The average molecular weight is 330 g/mol. The van der Waals surface area contributed by atoms with E-state index in [1.54, 1.807) is 42.4 Å². The van der Waals surface area contributed by atoms with Crippen molar-refractivity contribution >= 4 is 11.9 Å². The van der Waals surface area contributed by atoms with Crippen molar-refractivity contribution in [1.82, 2.24) is 9.88 Å². The van der Waals surface area contributed by atoms with E-state index in [2.05, 4.69) is 4.98 Å². The molecule has 0 atom stereocenters. The van der Waals surface area contributed by atoms with Gasteiger partial charge in [0.15, 0.2) is 5.76 Å². The fraction of sp³-hybridized carbons (Fsp3) is 0.389. The third kappa shape index (κ3) is 4.44. The zero-order chi connectivity index (χ0) is 17.7. The van der Waals surface area contributed by atoms with Gasteiger partial charge in [-0.3, -0.25) is 9.59 Å². The van der Waals surface area contributed by atoms with E-state index in [4.69, 9.17) is 9.52 Å². The largest absolute Gasteiger partial charge is 0.481 e. The van der Waals surface area contributed by atoms with Crippen LogP contribution in [0.25, 0.3) is 11.5 Å². The summed E-state index contributed by atoms with van der Waals surface area (Å²) < 4.78 is 5.32. The highest BCUT2D eigenvalue weighted by Gasteiger charge is 2.20. The van der Waals surface area contributed by atoms with E-state index in [1.807, 2.05) is 13.8 Å². The number of carbonyl (C=O) groups excluding carboxylic acids is 1. The van der Waals surface area contributed by atoms with Crippen molar-refractivity contribution < 1.29 is 19.1 Å². The molecule has 0 aliphatic carbocycles. The smallest absolute Gasteiger partial charge is 0.305 e. The molecule has 0 aromatic carbocycles. The molecule has 1 N–H and O–H groups in total. The van der Waals surface area contributed by atoms with Crippen molar-refractivity contribution in [3.05, 3.63) is 41.8 Å². The van der Waals surface area contributed by atoms with E-state index in [0.717, 1.165) is 0 Å². The quantitative estimate of drug-likeness (QED) is 0.842. The summed E-state index contributed by atoms with van der Waals surface area (Å²) in [7, 11) is 0. The molecule has 6 heteroatoms. The Kier molecular flexibility index (Phi) is 5.73. The Balaban J connectivity index is 2.23. The molecule has 0 radical (unpaired) electrons. The molecule has 1 amide bonds. The number of carboxylic acid groups (broad SMARTS) is 1. The second kappa shape index (κ2) is 7.77. The minimum atomic E-state index is -0.917. The molecule has 128 valence electrons. The predicted molar refractivity (Wildman–Crippen MR) is 89.7 cm³/mol. The first-order valence-corrected chi connectivity index (χ1v) is 7.91. The standard InChI is InChI=1S/C18H22N2O4/c1-12(2)11-20(9-8-17(21)22)18(23)14-6-7-15(19-13(14)3)16-5-4-10-24-16/h4-7,10,12H,8-9,11H2,1-3H3,(H,21,22). The maximum absolute atomic E-state index is 12.8. The van der Waals surface area contributed by atoms with Crippen LogP contribution in [-0.2, 0) is 4.79 Å². The first-order chi connectivity index (χ1) is 11.4. The highest BCUT2D eigenvalue weighted by Crippen LogP contribution is 2.20. The molecule has 24 heavy (non-hydrogen) atoms. The number of hydrogen-bond donors (Lipinski definition) is 1. The van der Waals surface area contributed by atoms with Crippen LogP contribution in [0.2, 0.25) is 0 Å². The number of carbonyl (C=O) groups is 2. The maximum atomic E-state index is 12.8. The van der Waals surface area contributed by atoms with Gasteiger partial charge >= 0.3 is 5.97 Å². The average Bonchev–Trinajstić information content (AvgIpc) is 3.04. The summed E-state index contributed by atoms with van der Waals surface area (Å²) in [4.78, 5) is 29.6. The van der Waals surface area contributed by atoms with E-state index in [0.29, 0.717) is 29.3 Å². The van der Waals surface area contributed by atoms with Gasteiger partial charge in [-0.15, -0.1) is 0 Å². The number of nitrogens with zero attached hydrogens (tertiary/aromatic N) is 2. The maximum Gasteiger partial charge on any atom is 0.305 e. The van der Waals surface area contributed by atoms with Crippen molar-refractivity contribution in [1.29, 1.82) is 0 Å². The van der Waals surface area contributed by atoms with Gasteiger partial charge in [0.1, 0.15) is 5.69 Å². The number of amides is 1. The van der Waals surface area contributed by atoms with Gasteiger partial charge < -0.3 is 14.4 Å². The highest BCUT2D eigenvalue weighted by molar-refractivity contribution is 5.95. The van der Waals surface area contributed by atoms with Crippen LogP contribution >= 0.6 is 0 Å². The van der Waals surface area contributed by atoms with Crippen LogP contribution < -0.4 is 0 Å². The molecule has 0 fully saturated rings. The molecular weight excluding hydrogens is 308 g/mol. The van der Waals surface area contributed by atoms with Gasteiger partial charge in [0.2, 0.25) is 0 Å². The summed E-state index contributed by atoms with van der Waals surface area (Å²) in [5.41, 5.74) is 1.74. The first-order valence-electron chi connectivity index (χ1n) is 7.91. The van der Waals surface area contributed by atoms with E-state index in [1.165, 1.54) is 0 Å². The number of aromatic nitrogens is 1. The number of carboxylic acids is 1. The molecule has 2 rings (SSSR count).